The van der Waals surface area contributed by atoms with Crippen LogP contribution in [-0.2, 0) is 17.5 Å². The van der Waals surface area contributed by atoms with E-state index in [1.807, 2.05) is 0 Å². The highest BCUT2D eigenvalue weighted by atomic mass is 19.4. The number of aliphatic carboxylic acids is 1. The van der Waals surface area contributed by atoms with Crippen LogP contribution in [0.25, 0.3) is 10.8 Å². The van der Waals surface area contributed by atoms with E-state index in [0.717, 1.165) is 18.2 Å². The van der Waals surface area contributed by atoms with Crippen LogP contribution < -0.4 is 5.56 Å². The van der Waals surface area contributed by atoms with Crippen LogP contribution in [0, 0.1) is 0 Å². The van der Waals surface area contributed by atoms with Gasteiger partial charge in [0, 0.05) is 24.5 Å². The fraction of sp³-hybridized carbons (Fsp3) is 0.286. The topological polar surface area (TPSA) is 59.3 Å². The molecule has 1 aromatic carbocycles. The van der Waals surface area contributed by atoms with E-state index in [4.69, 9.17) is 5.11 Å². The standard InChI is InChI=1S/C14H12F3NO3/c15-14(16,17)10-3-4-11-9(8-10)5-7-18(13(11)21)6-1-2-12(19)20/h3-5,7-8H,1-2,6H2,(H,19,20). The number of hydrogen-bond acceptors (Lipinski definition) is 2. The molecule has 0 aliphatic rings. The van der Waals surface area contributed by atoms with Crippen molar-refractivity contribution in [1.29, 1.82) is 0 Å². The number of pyridine rings is 1. The van der Waals surface area contributed by atoms with Gasteiger partial charge < -0.3 is 9.67 Å². The predicted octanol–water partition coefficient (Wildman–Crippen LogP) is 2.89. The lowest BCUT2D eigenvalue weighted by Gasteiger charge is -2.09. The summed E-state index contributed by atoms with van der Waals surface area (Å²) in [7, 11) is 0. The molecule has 7 heteroatoms. The van der Waals surface area contributed by atoms with E-state index in [9.17, 15) is 22.8 Å². The maximum Gasteiger partial charge on any atom is 0.416 e. The van der Waals surface area contributed by atoms with E-state index in [1.165, 1.54) is 16.8 Å². The molecule has 0 fully saturated rings. The van der Waals surface area contributed by atoms with Gasteiger partial charge in [-0.15, -0.1) is 0 Å². The van der Waals surface area contributed by atoms with Crippen LogP contribution in [0.2, 0.25) is 0 Å². The normalized spacial score (nSPS) is 11.8. The Balaban J connectivity index is 2.35. The summed E-state index contributed by atoms with van der Waals surface area (Å²) in [5.74, 6) is -0.960. The molecule has 0 atom stereocenters. The SMILES string of the molecule is O=C(O)CCCn1ccc2cc(C(F)(F)F)ccc2c1=O. The minimum absolute atomic E-state index is 0.0719. The van der Waals surface area contributed by atoms with Crippen molar-refractivity contribution in [1.82, 2.24) is 4.57 Å². The molecule has 0 aliphatic carbocycles. The zero-order chi connectivity index (χ0) is 15.6. The van der Waals surface area contributed by atoms with Crippen LogP contribution in [-0.4, -0.2) is 15.6 Å². The highest BCUT2D eigenvalue weighted by Gasteiger charge is 2.30. The molecule has 112 valence electrons. The van der Waals surface area contributed by atoms with E-state index in [-0.39, 0.29) is 30.2 Å². The summed E-state index contributed by atoms with van der Waals surface area (Å²) in [5, 5.41) is 8.94. The number of fused-ring (bicyclic) bond motifs is 1. The number of rotatable bonds is 4. The van der Waals surface area contributed by atoms with Gasteiger partial charge in [-0.3, -0.25) is 9.59 Å². The Kier molecular flexibility index (Phi) is 4.02. The molecule has 1 heterocycles. The summed E-state index contributed by atoms with van der Waals surface area (Å²) < 4.78 is 39.1. The van der Waals surface area contributed by atoms with Gasteiger partial charge >= 0.3 is 12.1 Å². The van der Waals surface area contributed by atoms with Gasteiger partial charge in [0.15, 0.2) is 0 Å². The predicted molar refractivity (Wildman–Crippen MR) is 70.1 cm³/mol. The molecule has 0 saturated heterocycles. The maximum absolute atomic E-state index is 12.6. The number of halogens is 3. The van der Waals surface area contributed by atoms with Gasteiger partial charge in [-0.1, -0.05) is 0 Å². The molecule has 4 nitrogen and oxygen atoms in total. The summed E-state index contributed by atoms with van der Waals surface area (Å²) in [6, 6.07) is 4.37. The summed E-state index contributed by atoms with van der Waals surface area (Å²) in [6.45, 7) is 0.210. The van der Waals surface area contributed by atoms with E-state index in [1.54, 1.807) is 0 Å². The average molecular weight is 299 g/mol. The van der Waals surface area contributed by atoms with E-state index in [0.29, 0.717) is 0 Å². The minimum Gasteiger partial charge on any atom is -0.481 e. The Morgan fingerprint density at radius 3 is 2.57 bits per heavy atom. The van der Waals surface area contributed by atoms with E-state index in [2.05, 4.69) is 0 Å². The van der Waals surface area contributed by atoms with Gasteiger partial charge in [0.25, 0.3) is 5.56 Å². The minimum atomic E-state index is -4.45. The summed E-state index contributed by atoms with van der Waals surface area (Å²) in [6.07, 6.45) is -2.86. The fourth-order valence-corrected chi connectivity index (χ4v) is 2.04. The Morgan fingerprint density at radius 2 is 1.95 bits per heavy atom. The molecule has 21 heavy (non-hydrogen) atoms. The first-order valence-corrected chi connectivity index (χ1v) is 6.21. The maximum atomic E-state index is 12.6. The van der Waals surface area contributed by atoms with Crippen molar-refractivity contribution in [2.24, 2.45) is 0 Å². The molecule has 2 aromatic rings. The van der Waals surface area contributed by atoms with Crippen LogP contribution >= 0.6 is 0 Å². The number of benzene rings is 1. The molecule has 1 aromatic heterocycles. The Bertz CT molecular complexity index is 734. The molecule has 0 amide bonds. The molecule has 0 aliphatic heterocycles. The third-order valence-corrected chi connectivity index (χ3v) is 3.09. The first kappa shape index (κ1) is 15.1. The summed E-state index contributed by atoms with van der Waals surface area (Å²) in [4.78, 5) is 22.5. The van der Waals surface area contributed by atoms with E-state index >= 15 is 0 Å². The Morgan fingerprint density at radius 1 is 1.24 bits per heavy atom. The van der Waals surface area contributed by atoms with Gasteiger partial charge in [0.1, 0.15) is 0 Å². The van der Waals surface area contributed by atoms with Crippen molar-refractivity contribution in [3.8, 4) is 0 Å². The molecular weight excluding hydrogens is 287 g/mol. The van der Waals surface area contributed by atoms with Gasteiger partial charge in [0.2, 0.25) is 0 Å². The highest BCUT2D eigenvalue weighted by molar-refractivity contribution is 5.82. The number of aryl methyl sites for hydroxylation is 1. The second-order valence-corrected chi connectivity index (χ2v) is 4.61. The number of carbonyl (C=O) groups is 1. The van der Waals surface area contributed by atoms with E-state index < -0.39 is 23.3 Å². The Labute approximate surface area is 117 Å². The zero-order valence-corrected chi connectivity index (χ0v) is 10.9. The first-order chi connectivity index (χ1) is 9.79. The molecule has 1 N–H and O–H groups in total. The van der Waals surface area contributed by atoms with Gasteiger partial charge in [0.05, 0.1) is 5.56 Å². The van der Waals surface area contributed by atoms with Crippen molar-refractivity contribution in [3.63, 3.8) is 0 Å². The quantitative estimate of drug-likeness (QED) is 0.944. The molecule has 2 rings (SSSR count). The van der Waals surface area contributed by atoms with Gasteiger partial charge in [-0.25, -0.2) is 0 Å². The summed E-state index contributed by atoms with van der Waals surface area (Å²) >= 11 is 0. The van der Waals surface area contributed by atoms with Crippen LogP contribution in [0.1, 0.15) is 18.4 Å². The molecule has 0 saturated carbocycles. The zero-order valence-electron chi connectivity index (χ0n) is 10.9. The van der Waals surface area contributed by atoms with Crippen molar-refractivity contribution in [2.75, 3.05) is 0 Å². The number of carboxylic acids is 1. The third-order valence-electron chi connectivity index (χ3n) is 3.09. The monoisotopic (exact) mass is 299 g/mol. The van der Waals surface area contributed by atoms with Crippen LogP contribution in [0.5, 0.6) is 0 Å². The first-order valence-electron chi connectivity index (χ1n) is 6.21. The van der Waals surface area contributed by atoms with Crippen molar-refractivity contribution in [3.05, 3.63) is 46.4 Å². The largest absolute Gasteiger partial charge is 0.481 e. The highest BCUT2D eigenvalue weighted by Crippen LogP contribution is 2.30. The van der Waals surface area contributed by atoms with Gasteiger partial charge in [-0.2, -0.15) is 13.2 Å². The van der Waals surface area contributed by atoms with Crippen LogP contribution in [0.3, 0.4) is 0 Å². The number of alkyl halides is 3. The molecule has 0 radical (unpaired) electrons. The molecule has 0 unspecified atom stereocenters. The van der Waals surface area contributed by atoms with Crippen molar-refractivity contribution in [2.45, 2.75) is 25.6 Å². The lowest BCUT2D eigenvalue weighted by atomic mass is 10.1. The van der Waals surface area contributed by atoms with Gasteiger partial charge in [-0.05, 0) is 36.1 Å². The lowest BCUT2D eigenvalue weighted by Crippen LogP contribution is -2.20. The number of nitrogens with zero attached hydrogens (tertiary/aromatic N) is 1. The lowest BCUT2D eigenvalue weighted by molar-refractivity contribution is -0.138. The second-order valence-electron chi connectivity index (χ2n) is 4.61. The smallest absolute Gasteiger partial charge is 0.416 e. The van der Waals surface area contributed by atoms with Crippen LogP contribution in [0.15, 0.2) is 35.3 Å². The molecule has 0 spiro atoms. The number of hydrogen-bond donors (Lipinski definition) is 1. The number of aromatic nitrogens is 1. The number of carboxylic acid groups (broad SMARTS) is 1. The molecular formula is C14H12F3NO3. The Hall–Kier alpha value is -2.31. The summed E-state index contributed by atoms with van der Waals surface area (Å²) in [5.41, 5.74) is -1.23. The molecule has 0 bridgehead atoms. The van der Waals surface area contributed by atoms with Crippen molar-refractivity contribution >= 4 is 16.7 Å². The average Bonchev–Trinajstić information content (AvgIpc) is 2.39. The fourth-order valence-electron chi connectivity index (χ4n) is 2.04. The second kappa shape index (κ2) is 5.59. The third kappa shape index (κ3) is 3.42. The van der Waals surface area contributed by atoms with Crippen LogP contribution in [0.4, 0.5) is 13.2 Å². The van der Waals surface area contributed by atoms with Crippen molar-refractivity contribution < 1.29 is 23.1 Å².